The number of aromatic nitrogens is 2. The minimum atomic E-state index is -0.265. The van der Waals surface area contributed by atoms with Crippen LogP contribution in [0.3, 0.4) is 0 Å². The number of hydrogen-bond acceptors (Lipinski definition) is 6. The van der Waals surface area contributed by atoms with Gasteiger partial charge in [0.15, 0.2) is 19.0 Å². The van der Waals surface area contributed by atoms with Crippen LogP contribution in [0.2, 0.25) is 0 Å². The van der Waals surface area contributed by atoms with Gasteiger partial charge in [-0.25, -0.2) is 0 Å². The average molecular weight is 245 g/mol. The molecule has 0 N–H and O–H groups in total. The Morgan fingerprint density at radius 2 is 2.33 bits per heavy atom. The molecular formula is C11H7N3O4. The van der Waals surface area contributed by atoms with Crippen LogP contribution in [0.15, 0.2) is 28.9 Å². The molecule has 0 aliphatic rings. The van der Waals surface area contributed by atoms with Gasteiger partial charge >= 0.3 is 5.69 Å². The predicted molar refractivity (Wildman–Crippen MR) is 56.3 cm³/mol. The van der Waals surface area contributed by atoms with Gasteiger partial charge in [0.25, 0.3) is 5.69 Å². The molecule has 2 rings (SSSR count). The first-order chi connectivity index (χ1) is 8.76. The van der Waals surface area contributed by atoms with Crippen LogP contribution in [0.25, 0.3) is 0 Å². The summed E-state index contributed by atoms with van der Waals surface area (Å²) in [4.78, 5) is 10.7. The number of hydrogen-bond donors (Lipinski definition) is 0. The molecule has 2 aromatic rings. The molecule has 0 radical (unpaired) electrons. The molecule has 18 heavy (non-hydrogen) atoms. The van der Waals surface area contributed by atoms with Crippen LogP contribution in [-0.2, 0) is 6.61 Å². The van der Waals surface area contributed by atoms with Gasteiger partial charge in [-0.3, -0.25) is 9.42 Å². The number of rotatable bonds is 4. The maximum atomic E-state index is 11.0. The lowest BCUT2D eigenvalue weighted by atomic mass is 10.2. The van der Waals surface area contributed by atoms with Crippen molar-refractivity contribution < 1.29 is 19.1 Å². The SMILES string of the molecule is N#Cc1c(COc2ccccc2C=O)no[n+]1[O-]. The maximum Gasteiger partial charge on any atom is 0.301 e. The van der Waals surface area contributed by atoms with Crippen LogP contribution in [0, 0.1) is 16.5 Å². The van der Waals surface area contributed by atoms with Crippen molar-refractivity contribution in [3.8, 4) is 11.8 Å². The van der Waals surface area contributed by atoms with Gasteiger partial charge in [0, 0.05) is 5.16 Å². The standard InChI is InChI=1S/C11H7N3O4/c12-5-10-9(13-18-14(10)16)7-17-11-4-2-1-3-8(11)6-15/h1-4,6H,7H2. The molecule has 90 valence electrons. The Kier molecular flexibility index (Phi) is 3.20. The third kappa shape index (κ3) is 2.12. The van der Waals surface area contributed by atoms with Crippen molar-refractivity contribution in [3.63, 3.8) is 0 Å². The van der Waals surface area contributed by atoms with E-state index in [-0.39, 0.29) is 22.9 Å². The van der Waals surface area contributed by atoms with Gasteiger partial charge in [-0.1, -0.05) is 12.1 Å². The summed E-state index contributed by atoms with van der Waals surface area (Å²) in [7, 11) is 0. The second-order valence-electron chi connectivity index (χ2n) is 3.28. The fraction of sp³-hybridized carbons (Fsp3) is 0.0909. The summed E-state index contributed by atoms with van der Waals surface area (Å²) in [5.41, 5.74) is 0.182. The van der Waals surface area contributed by atoms with E-state index < -0.39 is 0 Å². The highest BCUT2D eigenvalue weighted by Gasteiger charge is 2.19. The Bertz CT molecular complexity index is 615. The van der Waals surface area contributed by atoms with Crippen molar-refractivity contribution in [2.75, 3.05) is 0 Å². The maximum absolute atomic E-state index is 11.0. The summed E-state index contributed by atoms with van der Waals surface area (Å²) in [6, 6.07) is 8.23. The number of carbonyl (C=O) groups excluding carboxylic acids is 1. The molecule has 1 heterocycles. The molecule has 0 saturated heterocycles. The Labute approximate surface area is 101 Å². The Hall–Kier alpha value is -2.88. The molecule has 0 spiro atoms. The smallest absolute Gasteiger partial charge is 0.301 e. The first kappa shape index (κ1) is 11.6. The fourth-order valence-electron chi connectivity index (χ4n) is 1.33. The van der Waals surface area contributed by atoms with Crippen molar-refractivity contribution >= 4 is 6.29 Å². The summed E-state index contributed by atoms with van der Waals surface area (Å²) in [6.07, 6.45) is 0.650. The van der Waals surface area contributed by atoms with E-state index in [0.29, 0.717) is 17.6 Å². The highest BCUT2D eigenvalue weighted by molar-refractivity contribution is 5.79. The number of carbonyl (C=O) groups is 1. The molecule has 1 aromatic carbocycles. The number of benzene rings is 1. The highest BCUT2D eigenvalue weighted by atomic mass is 16.8. The lowest BCUT2D eigenvalue weighted by Crippen LogP contribution is -2.26. The third-order valence-corrected chi connectivity index (χ3v) is 2.20. The highest BCUT2D eigenvalue weighted by Crippen LogP contribution is 2.17. The quantitative estimate of drug-likeness (QED) is 0.576. The largest absolute Gasteiger partial charge is 0.484 e. The molecule has 1 aromatic heterocycles. The second-order valence-corrected chi connectivity index (χ2v) is 3.28. The fourth-order valence-corrected chi connectivity index (χ4v) is 1.33. The number of aldehydes is 1. The summed E-state index contributed by atoms with van der Waals surface area (Å²) in [5.74, 6) is 0.344. The second kappa shape index (κ2) is 4.97. The van der Waals surface area contributed by atoms with E-state index >= 15 is 0 Å². The lowest BCUT2D eigenvalue weighted by molar-refractivity contribution is -0.804. The monoisotopic (exact) mass is 245 g/mol. The molecule has 0 unspecified atom stereocenters. The zero-order valence-corrected chi connectivity index (χ0v) is 9.07. The zero-order chi connectivity index (χ0) is 13.0. The van der Waals surface area contributed by atoms with Crippen molar-refractivity contribution in [2.45, 2.75) is 6.61 Å². The Morgan fingerprint density at radius 1 is 1.56 bits per heavy atom. The van der Waals surface area contributed by atoms with Gasteiger partial charge in [-0.05, 0) is 17.0 Å². The summed E-state index contributed by atoms with van der Waals surface area (Å²) >= 11 is 0. The lowest BCUT2D eigenvalue weighted by Gasteiger charge is -2.04. The van der Waals surface area contributed by atoms with Crippen LogP contribution in [0.4, 0.5) is 0 Å². The topological polar surface area (TPSA) is 103 Å². The van der Waals surface area contributed by atoms with Crippen molar-refractivity contribution in [3.05, 3.63) is 46.4 Å². The molecular weight excluding hydrogens is 238 g/mol. The molecule has 0 aliphatic carbocycles. The van der Waals surface area contributed by atoms with Crippen LogP contribution in [0.1, 0.15) is 21.7 Å². The first-order valence-electron chi connectivity index (χ1n) is 4.92. The summed E-state index contributed by atoms with van der Waals surface area (Å²) < 4.78 is 9.58. The van der Waals surface area contributed by atoms with E-state index in [1.807, 2.05) is 0 Å². The number of nitriles is 1. The van der Waals surface area contributed by atoms with Crippen LogP contribution in [0.5, 0.6) is 5.75 Å². The number of nitrogens with zero attached hydrogens (tertiary/aromatic N) is 3. The van der Waals surface area contributed by atoms with Crippen LogP contribution < -0.4 is 9.64 Å². The zero-order valence-electron chi connectivity index (χ0n) is 9.07. The average Bonchev–Trinajstić information content (AvgIpc) is 2.77. The van der Waals surface area contributed by atoms with Gasteiger partial charge in [0.1, 0.15) is 5.75 Å². The Morgan fingerprint density at radius 3 is 3.06 bits per heavy atom. The predicted octanol–water partition coefficient (Wildman–Crippen LogP) is 0.571. The van der Waals surface area contributed by atoms with E-state index in [1.54, 1.807) is 30.3 Å². The third-order valence-electron chi connectivity index (χ3n) is 2.20. The van der Waals surface area contributed by atoms with Gasteiger partial charge in [-0.15, -0.1) is 0 Å². The van der Waals surface area contributed by atoms with E-state index in [0.717, 1.165) is 0 Å². The van der Waals surface area contributed by atoms with Gasteiger partial charge in [0.05, 0.1) is 5.56 Å². The summed E-state index contributed by atoms with van der Waals surface area (Å²) in [6.45, 7) is -0.132. The number of para-hydroxylation sites is 1. The molecule has 0 aliphatic heterocycles. The summed E-state index contributed by atoms with van der Waals surface area (Å²) in [5, 5.41) is 23.1. The molecule has 0 fully saturated rings. The normalized spacial score (nSPS) is 9.72. The van der Waals surface area contributed by atoms with Gasteiger partial charge in [0.2, 0.25) is 0 Å². The van der Waals surface area contributed by atoms with Crippen LogP contribution >= 0.6 is 0 Å². The van der Waals surface area contributed by atoms with Gasteiger partial charge < -0.3 is 9.94 Å². The van der Waals surface area contributed by atoms with Crippen molar-refractivity contribution in [1.82, 2.24) is 5.16 Å². The molecule has 0 amide bonds. The Balaban J connectivity index is 2.17. The van der Waals surface area contributed by atoms with E-state index in [1.165, 1.54) is 0 Å². The minimum absolute atomic E-state index is 0.00429. The molecule has 0 saturated carbocycles. The minimum Gasteiger partial charge on any atom is -0.484 e. The van der Waals surface area contributed by atoms with Gasteiger partial charge in [-0.2, -0.15) is 5.26 Å². The van der Waals surface area contributed by atoms with E-state index in [2.05, 4.69) is 9.79 Å². The van der Waals surface area contributed by atoms with Crippen molar-refractivity contribution in [1.29, 1.82) is 5.26 Å². The van der Waals surface area contributed by atoms with Crippen molar-refractivity contribution in [2.24, 2.45) is 0 Å². The molecule has 7 heteroatoms. The first-order valence-corrected chi connectivity index (χ1v) is 4.92. The molecule has 0 bridgehead atoms. The molecule has 7 nitrogen and oxygen atoms in total. The molecule has 0 atom stereocenters. The van der Waals surface area contributed by atoms with E-state index in [4.69, 9.17) is 10.00 Å². The van der Waals surface area contributed by atoms with E-state index in [9.17, 15) is 10.0 Å². The van der Waals surface area contributed by atoms with Crippen LogP contribution in [-0.4, -0.2) is 11.4 Å². The number of ether oxygens (including phenoxy) is 1.